The maximum absolute atomic E-state index is 13.0. The number of hydrogen-bond donors (Lipinski definition) is 0. The fraction of sp³-hybridized carbons (Fsp3) is 0.538. The number of rotatable bonds is 4. The van der Waals surface area contributed by atoms with Gasteiger partial charge in [0.05, 0.1) is 12.7 Å². The van der Waals surface area contributed by atoms with Gasteiger partial charge in [0, 0.05) is 6.07 Å². The van der Waals surface area contributed by atoms with Crippen molar-refractivity contribution >= 4 is 5.97 Å². The van der Waals surface area contributed by atoms with Gasteiger partial charge in [0.2, 0.25) is 0 Å². The molecule has 0 spiro atoms. The minimum Gasteiger partial charge on any atom is -0.490 e. The summed E-state index contributed by atoms with van der Waals surface area (Å²) in [5, 5.41) is 0. The van der Waals surface area contributed by atoms with Crippen LogP contribution < -0.4 is 4.74 Å². The fourth-order valence-corrected chi connectivity index (χ4v) is 1.62. The summed E-state index contributed by atoms with van der Waals surface area (Å²) in [5.74, 6) is -2.34. The lowest BCUT2D eigenvalue weighted by molar-refractivity contribution is -0.150. The van der Waals surface area contributed by atoms with Crippen molar-refractivity contribution in [1.82, 2.24) is 4.98 Å². The SMILES string of the molecule is CCOC(=O)c1c(OC(C)C)cc(C(F)(F)F)nc1C(F)(F)F. The van der Waals surface area contributed by atoms with Crippen molar-refractivity contribution in [3.05, 3.63) is 23.0 Å². The molecule has 1 rings (SSSR count). The molecule has 0 amide bonds. The van der Waals surface area contributed by atoms with Crippen molar-refractivity contribution < 1.29 is 40.6 Å². The summed E-state index contributed by atoms with van der Waals surface area (Å²) in [7, 11) is 0. The molecule has 1 heterocycles. The highest BCUT2D eigenvalue weighted by Crippen LogP contribution is 2.39. The van der Waals surface area contributed by atoms with Gasteiger partial charge >= 0.3 is 18.3 Å². The molecule has 0 fully saturated rings. The van der Waals surface area contributed by atoms with E-state index in [-0.39, 0.29) is 12.7 Å². The van der Waals surface area contributed by atoms with Crippen LogP contribution in [-0.2, 0) is 17.1 Å². The van der Waals surface area contributed by atoms with Gasteiger partial charge in [-0.1, -0.05) is 0 Å². The van der Waals surface area contributed by atoms with E-state index in [9.17, 15) is 31.1 Å². The Kier molecular flexibility index (Phi) is 5.49. The first-order chi connectivity index (χ1) is 10.4. The molecule has 0 atom stereocenters. The highest BCUT2D eigenvalue weighted by atomic mass is 19.4. The predicted octanol–water partition coefficient (Wildman–Crippen LogP) is 4.08. The second-order valence-corrected chi connectivity index (χ2v) is 4.61. The van der Waals surface area contributed by atoms with Crippen LogP contribution in [0, 0.1) is 0 Å². The van der Waals surface area contributed by atoms with Crippen molar-refractivity contribution in [2.24, 2.45) is 0 Å². The first-order valence-electron chi connectivity index (χ1n) is 6.41. The lowest BCUT2D eigenvalue weighted by Gasteiger charge is -2.19. The molecule has 0 aliphatic heterocycles. The van der Waals surface area contributed by atoms with Crippen molar-refractivity contribution in [2.75, 3.05) is 6.61 Å². The maximum atomic E-state index is 13.0. The molecule has 0 aliphatic carbocycles. The molecule has 0 aromatic carbocycles. The number of alkyl halides is 6. The van der Waals surface area contributed by atoms with Crippen LogP contribution in [0.4, 0.5) is 26.3 Å². The molecule has 0 N–H and O–H groups in total. The van der Waals surface area contributed by atoms with E-state index in [1.54, 1.807) is 0 Å². The smallest absolute Gasteiger partial charge is 0.434 e. The maximum Gasteiger partial charge on any atom is 0.434 e. The van der Waals surface area contributed by atoms with Gasteiger partial charge in [0.25, 0.3) is 0 Å². The molecule has 1 aromatic rings. The van der Waals surface area contributed by atoms with Crippen molar-refractivity contribution in [1.29, 1.82) is 0 Å². The summed E-state index contributed by atoms with van der Waals surface area (Å²) < 4.78 is 86.8. The van der Waals surface area contributed by atoms with E-state index in [4.69, 9.17) is 4.74 Å². The Balaban J connectivity index is 3.70. The number of carbonyl (C=O) groups excluding carboxylic acids is 1. The summed E-state index contributed by atoms with van der Waals surface area (Å²) in [6.45, 7) is 3.84. The van der Waals surface area contributed by atoms with Crippen LogP contribution in [0.5, 0.6) is 5.75 Å². The molecule has 0 bridgehead atoms. The van der Waals surface area contributed by atoms with Crippen LogP contribution in [0.2, 0.25) is 0 Å². The Labute approximate surface area is 127 Å². The Hall–Kier alpha value is -2.00. The van der Waals surface area contributed by atoms with Gasteiger partial charge in [-0.05, 0) is 20.8 Å². The summed E-state index contributed by atoms with van der Waals surface area (Å²) in [5.41, 5.74) is -4.99. The van der Waals surface area contributed by atoms with Crippen LogP contribution in [0.1, 0.15) is 42.5 Å². The standard InChI is InChI=1S/C13H13F6NO3/c1-4-22-11(21)9-7(23-6(2)3)5-8(12(14,15)16)20-10(9)13(17,18)19/h5-6H,4H2,1-3H3. The summed E-state index contributed by atoms with van der Waals surface area (Å²) in [6, 6.07) is 0.251. The minimum atomic E-state index is -5.29. The lowest BCUT2D eigenvalue weighted by Crippen LogP contribution is -2.23. The van der Waals surface area contributed by atoms with Crippen LogP contribution in [-0.4, -0.2) is 23.7 Å². The minimum absolute atomic E-state index is 0.251. The fourth-order valence-electron chi connectivity index (χ4n) is 1.62. The Morgan fingerprint density at radius 2 is 1.74 bits per heavy atom. The van der Waals surface area contributed by atoms with E-state index >= 15 is 0 Å². The van der Waals surface area contributed by atoms with Crippen molar-refractivity contribution in [2.45, 2.75) is 39.2 Å². The van der Waals surface area contributed by atoms with Gasteiger partial charge < -0.3 is 9.47 Å². The quantitative estimate of drug-likeness (QED) is 0.609. The molecule has 0 saturated heterocycles. The highest BCUT2D eigenvalue weighted by Gasteiger charge is 2.44. The summed E-state index contributed by atoms with van der Waals surface area (Å²) in [6.07, 6.45) is -11.2. The summed E-state index contributed by atoms with van der Waals surface area (Å²) in [4.78, 5) is 14.3. The van der Waals surface area contributed by atoms with E-state index in [1.165, 1.54) is 20.8 Å². The highest BCUT2D eigenvalue weighted by molar-refractivity contribution is 5.94. The molecule has 0 radical (unpaired) electrons. The van der Waals surface area contributed by atoms with E-state index in [0.717, 1.165) is 0 Å². The van der Waals surface area contributed by atoms with Gasteiger partial charge in [0.1, 0.15) is 17.0 Å². The summed E-state index contributed by atoms with van der Waals surface area (Å²) >= 11 is 0. The van der Waals surface area contributed by atoms with Gasteiger partial charge in [-0.2, -0.15) is 26.3 Å². The third kappa shape index (κ3) is 4.73. The Bertz CT molecular complexity index is 580. The number of hydrogen-bond acceptors (Lipinski definition) is 4. The van der Waals surface area contributed by atoms with Gasteiger partial charge in [-0.3, -0.25) is 0 Å². The number of carbonyl (C=O) groups is 1. The topological polar surface area (TPSA) is 48.4 Å². The largest absolute Gasteiger partial charge is 0.490 e. The second-order valence-electron chi connectivity index (χ2n) is 4.61. The van der Waals surface area contributed by atoms with E-state index < -0.39 is 47.1 Å². The molecule has 0 aliphatic rings. The zero-order valence-corrected chi connectivity index (χ0v) is 12.3. The van der Waals surface area contributed by atoms with Crippen LogP contribution in [0.3, 0.4) is 0 Å². The van der Waals surface area contributed by atoms with Crippen LogP contribution >= 0.6 is 0 Å². The average Bonchev–Trinajstić information content (AvgIpc) is 2.35. The zero-order chi connectivity index (χ0) is 18.0. The zero-order valence-electron chi connectivity index (χ0n) is 12.3. The van der Waals surface area contributed by atoms with E-state index in [2.05, 4.69) is 9.72 Å². The molecule has 0 unspecified atom stereocenters. The molecular formula is C13H13F6NO3. The number of ether oxygens (including phenoxy) is 2. The number of halogens is 6. The van der Waals surface area contributed by atoms with E-state index in [1.807, 2.05) is 0 Å². The molecule has 1 aromatic heterocycles. The monoisotopic (exact) mass is 345 g/mol. The normalized spacial score (nSPS) is 12.4. The number of aromatic nitrogens is 1. The average molecular weight is 345 g/mol. The van der Waals surface area contributed by atoms with E-state index in [0.29, 0.717) is 0 Å². The number of nitrogens with zero attached hydrogens (tertiary/aromatic N) is 1. The van der Waals surface area contributed by atoms with Crippen molar-refractivity contribution in [3.8, 4) is 5.75 Å². The number of esters is 1. The van der Waals surface area contributed by atoms with Crippen LogP contribution in [0.15, 0.2) is 6.07 Å². The lowest BCUT2D eigenvalue weighted by atomic mass is 10.1. The third-order valence-corrected chi connectivity index (χ3v) is 2.38. The first kappa shape index (κ1) is 19.0. The first-order valence-corrected chi connectivity index (χ1v) is 6.41. The third-order valence-electron chi connectivity index (χ3n) is 2.38. The molecule has 0 saturated carbocycles. The Morgan fingerprint density at radius 3 is 2.13 bits per heavy atom. The van der Waals surface area contributed by atoms with Crippen LogP contribution in [0.25, 0.3) is 0 Å². The molecule has 4 nitrogen and oxygen atoms in total. The molecule has 10 heteroatoms. The molecule has 23 heavy (non-hydrogen) atoms. The Morgan fingerprint density at radius 1 is 1.17 bits per heavy atom. The molecular weight excluding hydrogens is 332 g/mol. The second kappa shape index (κ2) is 6.63. The van der Waals surface area contributed by atoms with Gasteiger partial charge in [-0.25, -0.2) is 9.78 Å². The number of pyridine rings is 1. The van der Waals surface area contributed by atoms with Gasteiger partial charge in [-0.15, -0.1) is 0 Å². The predicted molar refractivity (Wildman–Crippen MR) is 66.0 cm³/mol. The molecule has 130 valence electrons. The van der Waals surface area contributed by atoms with Gasteiger partial charge in [0.15, 0.2) is 5.69 Å². The van der Waals surface area contributed by atoms with Crippen molar-refractivity contribution in [3.63, 3.8) is 0 Å².